The van der Waals surface area contributed by atoms with Gasteiger partial charge in [-0.05, 0) is 6.92 Å². The second-order valence-electron chi connectivity index (χ2n) is 3.95. The van der Waals surface area contributed by atoms with Gasteiger partial charge >= 0.3 is 5.97 Å². The van der Waals surface area contributed by atoms with Crippen LogP contribution in [0.1, 0.15) is 12.6 Å². The molecular weight excluding hydrogens is 248 g/mol. The molecule has 4 nitrogen and oxygen atoms in total. The molecule has 2 rings (SSSR count). The number of nitrogens with zero attached hydrogens (tertiary/aromatic N) is 1. The van der Waals surface area contributed by atoms with Crippen molar-refractivity contribution >= 4 is 17.3 Å². The van der Waals surface area contributed by atoms with E-state index in [0.717, 1.165) is 16.3 Å². The third-order valence-electron chi connectivity index (χ3n) is 2.53. The summed E-state index contributed by atoms with van der Waals surface area (Å²) >= 11 is 1.56. The molecule has 0 aliphatic rings. The van der Waals surface area contributed by atoms with Crippen molar-refractivity contribution in [3.05, 3.63) is 41.4 Å². The highest BCUT2D eigenvalue weighted by atomic mass is 32.1. The van der Waals surface area contributed by atoms with Crippen LogP contribution < -0.4 is 5.32 Å². The monoisotopic (exact) mass is 262 g/mol. The predicted octanol–water partition coefficient (Wildman–Crippen LogP) is 2.37. The van der Waals surface area contributed by atoms with Gasteiger partial charge in [0.2, 0.25) is 0 Å². The van der Waals surface area contributed by atoms with E-state index in [1.807, 2.05) is 35.7 Å². The summed E-state index contributed by atoms with van der Waals surface area (Å²) in [4.78, 5) is 15.1. The molecule has 1 aromatic heterocycles. The third kappa shape index (κ3) is 3.15. The van der Waals surface area contributed by atoms with Crippen LogP contribution in [0.5, 0.6) is 0 Å². The minimum Gasteiger partial charge on any atom is -0.480 e. The van der Waals surface area contributed by atoms with E-state index in [0.29, 0.717) is 6.54 Å². The standard InChI is InChI=1S/C13H14N2O2S/c1-9(13(16)17)14-7-11-8-18-12(15-11)10-5-3-2-4-6-10/h2-6,8-9,14H,7H2,1H3,(H,16,17)/t9-/m1/s1. The molecule has 1 aromatic carbocycles. The van der Waals surface area contributed by atoms with E-state index in [2.05, 4.69) is 10.3 Å². The van der Waals surface area contributed by atoms with Crippen molar-refractivity contribution in [2.75, 3.05) is 0 Å². The molecule has 1 heterocycles. The molecule has 0 radical (unpaired) electrons. The van der Waals surface area contributed by atoms with Gasteiger partial charge in [0.25, 0.3) is 0 Å². The maximum Gasteiger partial charge on any atom is 0.320 e. The van der Waals surface area contributed by atoms with Gasteiger partial charge in [0.1, 0.15) is 11.0 Å². The lowest BCUT2D eigenvalue weighted by atomic mass is 10.2. The highest BCUT2D eigenvalue weighted by molar-refractivity contribution is 7.13. The van der Waals surface area contributed by atoms with Gasteiger partial charge in [0.05, 0.1) is 5.69 Å². The lowest BCUT2D eigenvalue weighted by molar-refractivity contribution is -0.139. The molecule has 0 fully saturated rings. The molecule has 1 atom stereocenters. The number of hydrogen-bond acceptors (Lipinski definition) is 4. The fraction of sp³-hybridized carbons (Fsp3) is 0.231. The molecule has 0 saturated heterocycles. The van der Waals surface area contributed by atoms with Crippen LogP contribution in [0.4, 0.5) is 0 Å². The zero-order valence-electron chi connectivity index (χ0n) is 9.96. The minimum atomic E-state index is -0.853. The molecule has 0 aliphatic heterocycles. The minimum absolute atomic E-state index is 0.469. The Kier molecular flexibility index (Phi) is 4.07. The maximum absolute atomic E-state index is 10.7. The van der Waals surface area contributed by atoms with Crippen LogP contribution in [0.2, 0.25) is 0 Å². The van der Waals surface area contributed by atoms with E-state index in [1.54, 1.807) is 18.3 Å². The first-order valence-electron chi connectivity index (χ1n) is 5.63. The topological polar surface area (TPSA) is 62.2 Å². The summed E-state index contributed by atoms with van der Waals surface area (Å²) in [6.45, 7) is 2.09. The average molecular weight is 262 g/mol. The summed E-state index contributed by atoms with van der Waals surface area (Å²) in [5.74, 6) is -0.853. The Morgan fingerprint density at radius 3 is 2.83 bits per heavy atom. The first-order chi connectivity index (χ1) is 8.66. The van der Waals surface area contributed by atoms with Gasteiger partial charge in [-0.25, -0.2) is 4.98 Å². The number of hydrogen-bond donors (Lipinski definition) is 2. The molecular formula is C13H14N2O2S. The van der Waals surface area contributed by atoms with Crippen molar-refractivity contribution in [1.29, 1.82) is 0 Å². The fourth-order valence-corrected chi connectivity index (χ4v) is 2.27. The number of carbonyl (C=O) groups is 1. The van der Waals surface area contributed by atoms with Crippen LogP contribution in [0.25, 0.3) is 10.6 Å². The van der Waals surface area contributed by atoms with Crippen molar-refractivity contribution < 1.29 is 9.90 Å². The summed E-state index contributed by atoms with van der Waals surface area (Å²) in [5.41, 5.74) is 1.95. The second kappa shape index (κ2) is 5.75. The third-order valence-corrected chi connectivity index (χ3v) is 3.47. The number of nitrogens with one attached hydrogen (secondary N) is 1. The first-order valence-corrected chi connectivity index (χ1v) is 6.51. The maximum atomic E-state index is 10.7. The number of carboxylic acid groups (broad SMARTS) is 1. The van der Waals surface area contributed by atoms with Crippen molar-refractivity contribution in [3.63, 3.8) is 0 Å². The number of carboxylic acids is 1. The Morgan fingerprint density at radius 1 is 1.44 bits per heavy atom. The molecule has 5 heteroatoms. The Bertz CT molecular complexity index is 525. The van der Waals surface area contributed by atoms with E-state index in [9.17, 15) is 4.79 Å². The van der Waals surface area contributed by atoms with Crippen LogP contribution in [0.3, 0.4) is 0 Å². The molecule has 2 N–H and O–H groups in total. The number of aliphatic carboxylic acids is 1. The predicted molar refractivity (Wildman–Crippen MR) is 71.5 cm³/mol. The van der Waals surface area contributed by atoms with Gasteiger partial charge in [-0.2, -0.15) is 0 Å². The van der Waals surface area contributed by atoms with E-state index in [1.165, 1.54) is 0 Å². The molecule has 0 unspecified atom stereocenters. The van der Waals surface area contributed by atoms with Crippen LogP contribution in [-0.2, 0) is 11.3 Å². The smallest absolute Gasteiger partial charge is 0.320 e. The van der Waals surface area contributed by atoms with E-state index in [-0.39, 0.29) is 0 Å². The number of benzene rings is 1. The van der Waals surface area contributed by atoms with E-state index >= 15 is 0 Å². The normalized spacial score (nSPS) is 12.3. The highest BCUT2D eigenvalue weighted by Gasteiger charge is 2.10. The largest absolute Gasteiger partial charge is 0.480 e. The van der Waals surface area contributed by atoms with Crippen molar-refractivity contribution in [2.24, 2.45) is 0 Å². The lowest BCUT2D eigenvalue weighted by Gasteiger charge is -2.06. The van der Waals surface area contributed by atoms with E-state index < -0.39 is 12.0 Å². The van der Waals surface area contributed by atoms with E-state index in [4.69, 9.17) is 5.11 Å². The molecule has 0 aliphatic carbocycles. The average Bonchev–Trinajstić information content (AvgIpc) is 2.85. The Hall–Kier alpha value is -1.72. The summed E-state index contributed by atoms with van der Waals surface area (Å²) < 4.78 is 0. The Balaban J connectivity index is 2.01. The molecule has 0 spiro atoms. The molecule has 18 heavy (non-hydrogen) atoms. The molecule has 0 saturated carbocycles. The van der Waals surface area contributed by atoms with Gasteiger partial charge in [-0.3, -0.25) is 10.1 Å². The lowest BCUT2D eigenvalue weighted by Crippen LogP contribution is -2.33. The summed E-state index contributed by atoms with van der Waals surface area (Å²) in [5, 5.41) is 14.6. The van der Waals surface area contributed by atoms with Crippen LogP contribution in [0, 0.1) is 0 Å². The molecule has 0 bridgehead atoms. The van der Waals surface area contributed by atoms with Crippen LogP contribution in [0.15, 0.2) is 35.7 Å². The summed E-state index contributed by atoms with van der Waals surface area (Å²) in [7, 11) is 0. The van der Waals surface area contributed by atoms with Gasteiger partial charge in [-0.1, -0.05) is 30.3 Å². The van der Waals surface area contributed by atoms with Crippen LogP contribution in [-0.4, -0.2) is 22.1 Å². The van der Waals surface area contributed by atoms with Crippen LogP contribution >= 0.6 is 11.3 Å². The Labute approximate surface area is 109 Å². The van der Waals surface area contributed by atoms with Gasteiger partial charge in [0.15, 0.2) is 0 Å². The summed E-state index contributed by atoms with van der Waals surface area (Å²) in [6.07, 6.45) is 0. The van der Waals surface area contributed by atoms with Gasteiger partial charge in [0, 0.05) is 17.5 Å². The SMILES string of the molecule is C[C@@H](NCc1csc(-c2ccccc2)n1)C(=O)O. The van der Waals surface area contributed by atoms with Crippen molar-refractivity contribution in [3.8, 4) is 10.6 Å². The quantitative estimate of drug-likeness (QED) is 0.868. The molecule has 0 amide bonds. The highest BCUT2D eigenvalue weighted by Crippen LogP contribution is 2.23. The summed E-state index contributed by atoms with van der Waals surface area (Å²) in [6, 6.07) is 9.37. The van der Waals surface area contributed by atoms with Crippen molar-refractivity contribution in [1.82, 2.24) is 10.3 Å². The zero-order valence-corrected chi connectivity index (χ0v) is 10.8. The Morgan fingerprint density at radius 2 is 2.17 bits per heavy atom. The van der Waals surface area contributed by atoms with Crippen molar-refractivity contribution in [2.45, 2.75) is 19.5 Å². The molecule has 94 valence electrons. The number of rotatable bonds is 5. The zero-order chi connectivity index (χ0) is 13.0. The van der Waals surface area contributed by atoms with Gasteiger partial charge < -0.3 is 5.11 Å². The second-order valence-corrected chi connectivity index (χ2v) is 4.81. The fourth-order valence-electron chi connectivity index (χ4n) is 1.45. The van der Waals surface area contributed by atoms with Gasteiger partial charge in [-0.15, -0.1) is 11.3 Å². The molecule has 2 aromatic rings. The number of aromatic nitrogens is 1. The number of thiazole rings is 1. The first kappa shape index (κ1) is 12.7.